The zero-order valence-electron chi connectivity index (χ0n) is 12.6. The second-order valence-corrected chi connectivity index (χ2v) is 5.69. The maximum Gasteiger partial charge on any atom is 0.251 e. The van der Waals surface area contributed by atoms with Gasteiger partial charge in [-0.15, -0.1) is 0 Å². The molecule has 6 heteroatoms. The summed E-state index contributed by atoms with van der Waals surface area (Å²) in [5, 5.41) is 5.47. The molecule has 1 unspecified atom stereocenters. The molecular formula is C15H22F2N2OS. The van der Waals surface area contributed by atoms with Gasteiger partial charge < -0.3 is 10.6 Å². The highest BCUT2D eigenvalue weighted by molar-refractivity contribution is 7.98. The Hall–Kier alpha value is -1.30. The number of hydrogen-bond acceptors (Lipinski definition) is 3. The molecule has 1 aromatic carbocycles. The number of rotatable bonds is 8. The van der Waals surface area contributed by atoms with Gasteiger partial charge in [0, 0.05) is 23.9 Å². The molecule has 0 fully saturated rings. The smallest absolute Gasteiger partial charge is 0.251 e. The number of hydrogen-bond donors (Lipinski definition) is 2. The molecule has 0 bridgehead atoms. The zero-order chi connectivity index (χ0) is 15.8. The Bertz CT molecular complexity index is 460. The van der Waals surface area contributed by atoms with Gasteiger partial charge in [0.2, 0.25) is 0 Å². The summed E-state index contributed by atoms with van der Waals surface area (Å²) in [6, 6.07) is 2.14. The second-order valence-electron chi connectivity index (χ2n) is 4.78. The van der Waals surface area contributed by atoms with Gasteiger partial charge in [0.1, 0.15) is 17.3 Å². The maximum absolute atomic E-state index is 13.9. The van der Waals surface area contributed by atoms with E-state index in [-0.39, 0.29) is 17.3 Å². The lowest BCUT2D eigenvalue weighted by atomic mass is 10.1. The van der Waals surface area contributed by atoms with E-state index in [0.29, 0.717) is 6.54 Å². The quantitative estimate of drug-likeness (QED) is 0.769. The third-order valence-electron chi connectivity index (χ3n) is 3.05. The minimum absolute atomic E-state index is 0.00323. The maximum atomic E-state index is 13.9. The van der Waals surface area contributed by atoms with Crippen molar-refractivity contribution < 1.29 is 13.6 Å². The summed E-state index contributed by atoms with van der Waals surface area (Å²) in [6.07, 6.45) is 3.48. The number of benzene rings is 1. The summed E-state index contributed by atoms with van der Waals surface area (Å²) in [5.74, 6) is -1.17. The molecule has 3 nitrogen and oxygen atoms in total. The molecule has 118 valence electrons. The normalized spacial score (nSPS) is 12.0. The third kappa shape index (κ3) is 5.19. The van der Waals surface area contributed by atoms with Gasteiger partial charge in [-0.2, -0.15) is 11.8 Å². The van der Waals surface area contributed by atoms with Crippen LogP contribution in [0.5, 0.6) is 0 Å². The lowest BCUT2D eigenvalue weighted by Crippen LogP contribution is -2.36. The second kappa shape index (κ2) is 8.87. The first-order valence-corrected chi connectivity index (χ1v) is 8.45. The average Bonchev–Trinajstić information content (AvgIpc) is 2.45. The van der Waals surface area contributed by atoms with Crippen LogP contribution in [0.2, 0.25) is 0 Å². The van der Waals surface area contributed by atoms with Crippen molar-refractivity contribution in [2.24, 2.45) is 0 Å². The van der Waals surface area contributed by atoms with Crippen molar-refractivity contribution in [2.75, 3.05) is 23.9 Å². The highest BCUT2D eigenvalue weighted by atomic mass is 32.2. The fourth-order valence-corrected chi connectivity index (χ4v) is 2.58. The average molecular weight is 316 g/mol. The van der Waals surface area contributed by atoms with Crippen molar-refractivity contribution >= 4 is 23.4 Å². The van der Waals surface area contributed by atoms with Crippen LogP contribution in [-0.4, -0.2) is 30.5 Å². The molecule has 1 atom stereocenters. The van der Waals surface area contributed by atoms with Gasteiger partial charge in [-0.3, -0.25) is 4.79 Å². The van der Waals surface area contributed by atoms with Gasteiger partial charge >= 0.3 is 0 Å². The summed E-state index contributed by atoms with van der Waals surface area (Å²) in [4.78, 5) is 12.0. The Labute approximate surface area is 128 Å². The van der Waals surface area contributed by atoms with Crippen LogP contribution in [0.1, 0.15) is 37.0 Å². The van der Waals surface area contributed by atoms with Crippen molar-refractivity contribution in [1.29, 1.82) is 0 Å². The number of carbonyl (C=O) groups is 1. The molecular weight excluding hydrogens is 294 g/mol. The standard InChI is InChI=1S/C15H22F2N2OS/c1-4-6-18-14-12(16)7-10(8-13(14)17)15(20)19-11(5-2)9-21-3/h7-8,11,18H,4-6,9H2,1-3H3,(H,19,20). The lowest BCUT2D eigenvalue weighted by molar-refractivity contribution is 0.0939. The first-order chi connectivity index (χ1) is 10.0. The van der Waals surface area contributed by atoms with E-state index in [1.807, 2.05) is 20.1 Å². The van der Waals surface area contributed by atoms with Crippen molar-refractivity contribution in [1.82, 2.24) is 5.32 Å². The number of halogens is 2. The monoisotopic (exact) mass is 316 g/mol. The van der Waals surface area contributed by atoms with Crippen molar-refractivity contribution in [3.8, 4) is 0 Å². The van der Waals surface area contributed by atoms with Crippen LogP contribution in [0.25, 0.3) is 0 Å². The van der Waals surface area contributed by atoms with E-state index < -0.39 is 17.5 Å². The van der Waals surface area contributed by atoms with E-state index in [2.05, 4.69) is 10.6 Å². The van der Waals surface area contributed by atoms with E-state index in [1.165, 1.54) is 0 Å². The predicted octanol–water partition coefficient (Wildman–Crippen LogP) is 3.66. The molecule has 0 aliphatic carbocycles. The van der Waals surface area contributed by atoms with E-state index >= 15 is 0 Å². The topological polar surface area (TPSA) is 41.1 Å². The minimum atomic E-state index is -0.744. The number of amides is 1. The Balaban J connectivity index is 2.86. The molecule has 21 heavy (non-hydrogen) atoms. The van der Waals surface area contributed by atoms with Crippen molar-refractivity contribution in [3.63, 3.8) is 0 Å². The van der Waals surface area contributed by atoms with Gasteiger partial charge in [0.25, 0.3) is 5.91 Å². The van der Waals surface area contributed by atoms with Crippen LogP contribution in [-0.2, 0) is 0 Å². The van der Waals surface area contributed by atoms with Crippen LogP contribution >= 0.6 is 11.8 Å². The largest absolute Gasteiger partial charge is 0.380 e. The number of nitrogens with one attached hydrogen (secondary N) is 2. The minimum Gasteiger partial charge on any atom is -0.380 e. The molecule has 2 N–H and O–H groups in total. The number of carbonyl (C=O) groups excluding carboxylic acids is 1. The first kappa shape index (κ1) is 17.8. The molecule has 0 saturated heterocycles. The molecule has 1 aromatic rings. The lowest BCUT2D eigenvalue weighted by Gasteiger charge is -2.16. The molecule has 0 radical (unpaired) electrons. The summed E-state index contributed by atoms with van der Waals surface area (Å²) < 4.78 is 27.8. The number of thioether (sulfide) groups is 1. The van der Waals surface area contributed by atoms with E-state index in [9.17, 15) is 13.6 Å². The highest BCUT2D eigenvalue weighted by Gasteiger charge is 2.17. The fourth-order valence-electron chi connectivity index (χ4n) is 1.85. The van der Waals surface area contributed by atoms with Gasteiger partial charge in [0.15, 0.2) is 0 Å². The van der Waals surface area contributed by atoms with E-state index in [0.717, 1.165) is 30.7 Å². The Morgan fingerprint density at radius 1 is 1.29 bits per heavy atom. The van der Waals surface area contributed by atoms with Crippen molar-refractivity contribution in [3.05, 3.63) is 29.3 Å². The zero-order valence-corrected chi connectivity index (χ0v) is 13.4. The van der Waals surface area contributed by atoms with E-state index in [1.54, 1.807) is 11.8 Å². The van der Waals surface area contributed by atoms with Crippen LogP contribution in [0.15, 0.2) is 12.1 Å². The molecule has 0 aliphatic rings. The summed E-state index contributed by atoms with van der Waals surface area (Å²) in [5.41, 5.74) is -0.170. The Morgan fingerprint density at radius 2 is 1.90 bits per heavy atom. The predicted molar refractivity (Wildman–Crippen MR) is 85.1 cm³/mol. The van der Waals surface area contributed by atoms with Crippen LogP contribution < -0.4 is 10.6 Å². The van der Waals surface area contributed by atoms with Gasteiger partial charge in [-0.05, 0) is 31.2 Å². The molecule has 0 spiro atoms. The van der Waals surface area contributed by atoms with Crippen LogP contribution in [0.3, 0.4) is 0 Å². The molecule has 1 rings (SSSR count). The molecule has 0 aliphatic heterocycles. The molecule has 0 aromatic heterocycles. The first-order valence-electron chi connectivity index (χ1n) is 7.06. The summed E-state index contributed by atoms with van der Waals surface area (Å²) >= 11 is 1.62. The highest BCUT2D eigenvalue weighted by Crippen LogP contribution is 2.21. The van der Waals surface area contributed by atoms with Gasteiger partial charge in [0.05, 0.1) is 0 Å². The van der Waals surface area contributed by atoms with E-state index in [4.69, 9.17) is 0 Å². The SMILES string of the molecule is CCCNc1c(F)cc(C(=O)NC(CC)CSC)cc1F. The summed E-state index contributed by atoms with van der Waals surface area (Å²) in [6.45, 7) is 4.34. The fraction of sp³-hybridized carbons (Fsp3) is 0.533. The number of anilines is 1. The van der Waals surface area contributed by atoms with Crippen molar-refractivity contribution in [2.45, 2.75) is 32.7 Å². The van der Waals surface area contributed by atoms with Crippen LogP contribution in [0.4, 0.5) is 14.5 Å². The molecule has 0 saturated carbocycles. The third-order valence-corrected chi connectivity index (χ3v) is 3.79. The van der Waals surface area contributed by atoms with Gasteiger partial charge in [-0.1, -0.05) is 13.8 Å². The molecule has 1 amide bonds. The Kier molecular flexibility index (Phi) is 7.50. The molecule has 0 heterocycles. The summed E-state index contributed by atoms with van der Waals surface area (Å²) in [7, 11) is 0. The van der Waals surface area contributed by atoms with Crippen LogP contribution in [0, 0.1) is 11.6 Å². The van der Waals surface area contributed by atoms with Gasteiger partial charge in [-0.25, -0.2) is 8.78 Å². The Morgan fingerprint density at radius 3 is 2.38 bits per heavy atom.